The van der Waals surface area contributed by atoms with Crippen LogP contribution >= 0.6 is 23.2 Å². The zero-order valence-electron chi connectivity index (χ0n) is 9.96. The minimum atomic E-state index is -2.61. The van der Waals surface area contributed by atoms with Gasteiger partial charge in [-0.15, -0.1) is 0 Å². The molecule has 0 aliphatic heterocycles. The maximum Gasteiger partial charge on any atom is 0.267 e. The maximum atomic E-state index is 12.9. The first-order valence-corrected chi connectivity index (χ1v) is 6.19. The number of hydrogen-bond donors (Lipinski definition) is 0. The van der Waals surface area contributed by atoms with Crippen molar-refractivity contribution in [2.45, 2.75) is 6.43 Å². The number of hydrogen-bond acceptors (Lipinski definition) is 1. The van der Waals surface area contributed by atoms with Crippen molar-refractivity contribution in [2.24, 2.45) is 0 Å². The summed E-state index contributed by atoms with van der Waals surface area (Å²) in [6.45, 7) is 0. The summed E-state index contributed by atoms with van der Waals surface area (Å²) in [5.41, 5.74) is 1.14. The quantitative estimate of drug-likeness (QED) is 0.716. The van der Waals surface area contributed by atoms with E-state index in [2.05, 4.69) is 0 Å². The summed E-state index contributed by atoms with van der Waals surface area (Å²) < 4.78 is 30.8. The average Bonchev–Trinajstić information content (AvgIpc) is 2.36. The highest BCUT2D eigenvalue weighted by Gasteiger charge is 2.15. The Hall–Kier alpha value is -1.32. The third-order valence-electron chi connectivity index (χ3n) is 2.66. The van der Waals surface area contributed by atoms with Crippen molar-refractivity contribution >= 4 is 23.2 Å². The number of rotatable bonds is 3. The molecule has 0 N–H and O–H groups in total. The van der Waals surface area contributed by atoms with Crippen molar-refractivity contribution < 1.29 is 13.5 Å². The minimum absolute atomic E-state index is 0.156. The molecule has 0 aliphatic carbocycles. The molecule has 2 aromatic rings. The van der Waals surface area contributed by atoms with Gasteiger partial charge in [0, 0.05) is 10.0 Å². The molecule has 0 saturated carbocycles. The lowest BCUT2D eigenvalue weighted by atomic mass is 10.0. The highest BCUT2D eigenvalue weighted by atomic mass is 35.5. The molecule has 0 spiro atoms. The highest BCUT2D eigenvalue weighted by molar-refractivity contribution is 6.35. The molecule has 2 rings (SSSR count). The van der Waals surface area contributed by atoms with Gasteiger partial charge in [0.25, 0.3) is 6.43 Å². The Labute approximate surface area is 119 Å². The van der Waals surface area contributed by atoms with Gasteiger partial charge in [-0.2, -0.15) is 0 Å². The largest absolute Gasteiger partial charge is 0.496 e. The van der Waals surface area contributed by atoms with E-state index in [9.17, 15) is 8.78 Å². The van der Waals surface area contributed by atoms with E-state index in [1.54, 1.807) is 24.3 Å². The summed E-state index contributed by atoms with van der Waals surface area (Å²) >= 11 is 11.8. The molecule has 0 bridgehead atoms. The topological polar surface area (TPSA) is 9.23 Å². The fourth-order valence-electron chi connectivity index (χ4n) is 1.80. The van der Waals surface area contributed by atoms with Crippen molar-refractivity contribution in [3.8, 4) is 16.9 Å². The van der Waals surface area contributed by atoms with Crippen molar-refractivity contribution in [2.75, 3.05) is 7.11 Å². The van der Waals surface area contributed by atoms with Gasteiger partial charge >= 0.3 is 0 Å². The van der Waals surface area contributed by atoms with Crippen LogP contribution in [0.25, 0.3) is 11.1 Å². The second-order valence-electron chi connectivity index (χ2n) is 3.92. The van der Waals surface area contributed by atoms with Gasteiger partial charge in [0.2, 0.25) is 0 Å². The Bertz CT molecular complexity index is 580. The van der Waals surface area contributed by atoms with Crippen LogP contribution in [0.4, 0.5) is 8.78 Å². The van der Waals surface area contributed by atoms with Crippen molar-refractivity contribution in [3.63, 3.8) is 0 Å². The first-order valence-electron chi connectivity index (χ1n) is 5.44. The number of alkyl halides is 2. The molecule has 0 aromatic heterocycles. The molecular formula is C14H10Cl2F2O. The molecule has 1 nitrogen and oxygen atoms in total. The summed E-state index contributed by atoms with van der Waals surface area (Å²) in [6, 6.07) is 9.50. The first-order chi connectivity index (χ1) is 9.01. The number of halogens is 4. The Morgan fingerprint density at radius 1 is 0.947 bits per heavy atom. The standard InChI is InChI=1S/C14H10Cl2F2O/c1-19-13-3-2-8(6-12(13)14(17)18)9-4-10(15)7-11(16)5-9/h2-7,14H,1H3. The SMILES string of the molecule is COc1ccc(-c2cc(Cl)cc(Cl)c2)cc1C(F)F. The lowest BCUT2D eigenvalue weighted by Gasteiger charge is -2.10. The van der Waals surface area contributed by atoms with E-state index in [0.717, 1.165) is 0 Å². The van der Waals surface area contributed by atoms with E-state index in [1.165, 1.54) is 19.2 Å². The summed E-state index contributed by atoms with van der Waals surface area (Å²) in [7, 11) is 1.36. The summed E-state index contributed by atoms with van der Waals surface area (Å²) in [4.78, 5) is 0. The van der Waals surface area contributed by atoms with Crippen LogP contribution < -0.4 is 4.74 Å². The fraction of sp³-hybridized carbons (Fsp3) is 0.143. The van der Waals surface area contributed by atoms with Crippen LogP contribution in [0.1, 0.15) is 12.0 Å². The Kier molecular flexibility index (Phi) is 4.27. The second-order valence-corrected chi connectivity index (χ2v) is 4.79. The van der Waals surface area contributed by atoms with Gasteiger partial charge in [0.05, 0.1) is 12.7 Å². The fourth-order valence-corrected chi connectivity index (χ4v) is 2.33. The van der Waals surface area contributed by atoms with Gasteiger partial charge in [-0.3, -0.25) is 0 Å². The third-order valence-corrected chi connectivity index (χ3v) is 3.10. The summed E-state index contributed by atoms with van der Waals surface area (Å²) in [5.74, 6) is 0.159. The van der Waals surface area contributed by atoms with Gasteiger partial charge in [-0.05, 0) is 41.5 Å². The first kappa shape index (κ1) is 14.1. The monoisotopic (exact) mass is 302 g/mol. The highest BCUT2D eigenvalue weighted by Crippen LogP contribution is 2.34. The predicted octanol–water partition coefficient (Wildman–Crippen LogP) is 5.61. The van der Waals surface area contributed by atoms with E-state index in [0.29, 0.717) is 21.2 Å². The Balaban J connectivity index is 2.53. The molecule has 19 heavy (non-hydrogen) atoms. The summed E-state index contributed by atoms with van der Waals surface area (Å²) in [6.07, 6.45) is -2.61. The summed E-state index contributed by atoms with van der Waals surface area (Å²) in [5, 5.41) is 0.911. The second kappa shape index (κ2) is 5.76. The van der Waals surface area contributed by atoms with Crippen LogP contribution in [-0.2, 0) is 0 Å². The molecule has 0 radical (unpaired) electrons. The van der Waals surface area contributed by atoms with Gasteiger partial charge in [0.1, 0.15) is 5.75 Å². The molecule has 100 valence electrons. The van der Waals surface area contributed by atoms with E-state index < -0.39 is 6.43 Å². The molecule has 0 atom stereocenters. The van der Waals surface area contributed by atoms with E-state index in [4.69, 9.17) is 27.9 Å². The normalized spacial score (nSPS) is 10.8. The molecule has 0 unspecified atom stereocenters. The molecule has 2 aromatic carbocycles. The van der Waals surface area contributed by atoms with E-state index in [1.807, 2.05) is 0 Å². The van der Waals surface area contributed by atoms with Gasteiger partial charge < -0.3 is 4.74 Å². The molecular weight excluding hydrogens is 293 g/mol. The maximum absolute atomic E-state index is 12.9. The molecule has 0 heterocycles. The number of methoxy groups -OCH3 is 1. The van der Waals surface area contributed by atoms with Crippen LogP contribution in [0.15, 0.2) is 36.4 Å². The Morgan fingerprint density at radius 3 is 2.11 bits per heavy atom. The van der Waals surface area contributed by atoms with E-state index in [-0.39, 0.29) is 11.3 Å². The number of benzene rings is 2. The molecule has 5 heteroatoms. The Morgan fingerprint density at radius 2 is 1.58 bits per heavy atom. The molecule has 0 aliphatic rings. The average molecular weight is 303 g/mol. The van der Waals surface area contributed by atoms with Crippen molar-refractivity contribution in [3.05, 3.63) is 52.0 Å². The minimum Gasteiger partial charge on any atom is -0.496 e. The smallest absolute Gasteiger partial charge is 0.267 e. The third kappa shape index (κ3) is 3.17. The van der Waals surface area contributed by atoms with Gasteiger partial charge in [-0.25, -0.2) is 8.78 Å². The zero-order chi connectivity index (χ0) is 14.0. The molecule has 0 fully saturated rings. The lowest BCUT2D eigenvalue weighted by molar-refractivity contribution is 0.147. The van der Waals surface area contributed by atoms with Gasteiger partial charge in [-0.1, -0.05) is 29.3 Å². The van der Waals surface area contributed by atoms with Crippen molar-refractivity contribution in [1.82, 2.24) is 0 Å². The molecule has 0 amide bonds. The lowest BCUT2D eigenvalue weighted by Crippen LogP contribution is -1.93. The van der Waals surface area contributed by atoms with Gasteiger partial charge in [0.15, 0.2) is 0 Å². The van der Waals surface area contributed by atoms with Crippen LogP contribution in [-0.4, -0.2) is 7.11 Å². The van der Waals surface area contributed by atoms with Crippen LogP contribution in [0.3, 0.4) is 0 Å². The zero-order valence-corrected chi connectivity index (χ0v) is 11.5. The van der Waals surface area contributed by atoms with E-state index >= 15 is 0 Å². The predicted molar refractivity (Wildman–Crippen MR) is 73.4 cm³/mol. The van der Waals surface area contributed by atoms with Crippen LogP contribution in [0.5, 0.6) is 5.75 Å². The van der Waals surface area contributed by atoms with Crippen LogP contribution in [0, 0.1) is 0 Å². The molecule has 0 saturated heterocycles. The number of ether oxygens (including phenoxy) is 1. The van der Waals surface area contributed by atoms with Crippen LogP contribution in [0.2, 0.25) is 10.0 Å². The van der Waals surface area contributed by atoms with Crippen molar-refractivity contribution in [1.29, 1.82) is 0 Å².